The van der Waals surface area contributed by atoms with Crippen molar-refractivity contribution < 1.29 is 5.11 Å². The van der Waals surface area contributed by atoms with Crippen LogP contribution >= 0.6 is 0 Å². The number of hydrogen-bond donors (Lipinski definition) is 2. The Morgan fingerprint density at radius 3 is 2.38 bits per heavy atom. The molecule has 0 atom stereocenters. The highest BCUT2D eigenvalue weighted by atomic mass is 16.2. The van der Waals surface area contributed by atoms with E-state index in [1.54, 1.807) is 0 Å². The molecular formula is C11H19NO. The van der Waals surface area contributed by atoms with Crippen LogP contribution in [0.5, 0.6) is 0 Å². The van der Waals surface area contributed by atoms with Crippen molar-refractivity contribution in [3.05, 3.63) is 0 Å². The summed E-state index contributed by atoms with van der Waals surface area (Å²) in [6.07, 6.45) is 8.07. The van der Waals surface area contributed by atoms with Crippen molar-refractivity contribution >= 4 is 0 Å². The highest BCUT2D eigenvalue weighted by molar-refractivity contribution is 5.00. The minimum Gasteiger partial charge on any atom is -0.384 e. The summed E-state index contributed by atoms with van der Waals surface area (Å²) in [5, 5.41) is 11.9. The van der Waals surface area contributed by atoms with Gasteiger partial charge in [-0.1, -0.05) is 37.5 Å². The largest absolute Gasteiger partial charge is 0.384 e. The van der Waals surface area contributed by atoms with Crippen LogP contribution in [-0.4, -0.2) is 24.3 Å². The molecule has 0 aromatic rings. The lowest BCUT2D eigenvalue weighted by Crippen LogP contribution is -2.28. The average molecular weight is 181 g/mol. The van der Waals surface area contributed by atoms with E-state index in [0.717, 1.165) is 6.54 Å². The van der Waals surface area contributed by atoms with Gasteiger partial charge in [0.2, 0.25) is 0 Å². The molecule has 1 aliphatic carbocycles. The van der Waals surface area contributed by atoms with Crippen LogP contribution in [-0.2, 0) is 0 Å². The fraction of sp³-hybridized carbons (Fsp3) is 0.818. The van der Waals surface area contributed by atoms with Gasteiger partial charge < -0.3 is 10.4 Å². The molecule has 0 bridgehead atoms. The van der Waals surface area contributed by atoms with E-state index in [-0.39, 0.29) is 6.61 Å². The first-order valence-corrected chi connectivity index (χ1v) is 5.23. The van der Waals surface area contributed by atoms with Crippen LogP contribution < -0.4 is 5.32 Å². The first-order chi connectivity index (χ1) is 6.43. The maximum atomic E-state index is 8.45. The minimum atomic E-state index is -0.0215. The van der Waals surface area contributed by atoms with Crippen LogP contribution in [0.2, 0.25) is 0 Å². The summed E-state index contributed by atoms with van der Waals surface area (Å²) < 4.78 is 0. The normalized spacial score (nSPS) is 18.8. The van der Waals surface area contributed by atoms with Gasteiger partial charge in [-0.25, -0.2) is 0 Å². The Morgan fingerprint density at radius 2 is 1.77 bits per heavy atom. The van der Waals surface area contributed by atoms with Gasteiger partial charge in [0, 0.05) is 6.04 Å². The lowest BCUT2D eigenvalue weighted by atomic mass is 10.1. The van der Waals surface area contributed by atoms with Gasteiger partial charge in [-0.3, -0.25) is 0 Å². The van der Waals surface area contributed by atoms with Gasteiger partial charge >= 0.3 is 0 Å². The molecule has 1 rings (SSSR count). The second kappa shape index (κ2) is 6.94. The first kappa shape index (κ1) is 10.6. The minimum absolute atomic E-state index is 0.0215. The Kier molecular flexibility index (Phi) is 5.64. The summed E-state index contributed by atoms with van der Waals surface area (Å²) in [5.41, 5.74) is 0. The van der Waals surface area contributed by atoms with Crippen molar-refractivity contribution in [2.24, 2.45) is 0 Å². The first-order valence-electron chi connectivity index (χ1n) is 5.23. The molecule has 1 fully saturated rings. The van der Waals surface area contributed by atoms with Crippen LogP contribution in [0.1, 0.15) is 38.5 Å². The SMILES string of the molecule is OCC#CCNC1CCCCCC1. The Balaban J connectivity index is 2.11. The molecule has 74 valence electrons. The summed E-state index contributed by atoms with van der Waals surface area (Å²) in [4.78, 5) is 0. The highest BCUT2D eigenvalue weighted by Gasteiger charge is 2.09. The second-order valence-corrected chi connectivity index (χ2v) is 3.58. The fourth-order valence-electron chi connectivity index (χ4n) is 1.80. The highest BCUT2D eigenvalue weighted by Crippen LogP contribution is 2.16. The Hall–Kier alpha value is -0.520. The van der Waals surface area contributed by atoms with E-state index in [1.807, 2.05) is 0 Å². The van der Waals surface area contributed by atoms with Gasteiger partial charge in [0.15, 0.2) is 0 Å². The lowest BCUT2D eigenvalue weighted by molar-refractivity contribution is 0.350. The van der Waals surface area contributed by atoms with E-state index < -0.39 is 0 Å². The molecule has 0 amide bonds. The van der Waals surface area contributed by atoms with E-state index in [2.05, 4.69) is 17.2 Å². The van der Waals surface area contributed by atoms with Crippen molar-refractivity contribution in [1.29, 1.82) is 0 Å². The van der Waals surface area contributed by atoms with Crippen LogP contribution in [0.3, 0.4) is 0 Å². The zero-order valence-electron chi connectivity index (χ0n) is 8.18. The molecule has 0 radical (unpaired) electrons. The van der Waals surface area contributed by atoms with Crippen LogP contribution in [0.15, 0.2) is 0 Å². The van der Waals surface area contributed by atoms with Gasteiger partial charge in [0.05, 0.1) is 6.54 Å². The van der Waals surface area contributed by atoms with Gasteiger partial charge in [-0.2, -0.15) is 0 Å². The van der Waals surface area contributed by atoms with Crippen LogP contribution in [0.4, 0.5) is 0 Å². The number of aliphatic hydroxyl groups is 1. The lowest BCUT2D eigenvalue weighted by Gasteiger charge is -2.13. The monoisotopic (exact) mass is 181 g/mol. The molecule has 2 heteroatoms. The van der Waals surface area contributed by atoms with Gasteiger partial charge in [-0.05, 0) is 12.8 Å². The molecule has 2 N–H and O–H groups in total. The second-order valence-electron chi connectivity index (χ2n) is 3.58. The smallest absolute Gasteiger partial charge is 0.104 e. The predicted octanol–water partition coefficient (Wildman–Crippen LogP) is 1.29. The third-order valence-electron chi connectivity index (χ3n) is 2.54. The third-order valence-corrected chi connectivity index (χ3v) is 2.54. The molecule has 0 aromatic carbocycles. The van der Waals surface area contributed by atoms with Crippen LogP contribution in [0.25, 0.3) is 0 Å². The Bertz CT molecular complexity index is 172. The van der Waals surface area contributed by atoms with Crippen molar-refractivity contribution in [3.63, 3.8) is 0 Å². The van der Waals surface area contributed by atoms with Gasteiger partial charge in [-0.15, -0.1) is 0 Å². The Labute approximate surface area is 80.7 Å². The van der Waals surface area contributed by atoms with Crippen molar-refractivity contribution in [2.45, 2.75) is 44.6 Å². The van der Waals surface area contributed by atoms with Crippen molar-refractivity contribution in [2.75, 3.05) is 13.2 Å². The summed E-state index contributed by atoms with van der Waals surface area (Å²) in [5.74, 6) is 5.54. The molecule has 13 heavy (non-hydrogen) atoms. The molecule has 0 aromatic heterocycles. The molecular weight excluding hydrogens is 162 g/mol. The summed E-state index contributed by atoms with van der Waals surface area (Å²) in [6.45, 7) is 0.706. The van der Waals surface area contributed by atoms with Gasteiger partial charge in [0.1, 0.15) is 6.61 Å². The molecule has 1 aliphatic rings. The maximum absolute atomic E-state index is 8.45. The average Bonchev–Trinajstić information content (AvgIpc) is 2.41. The Morgan fingerprint density at radius 1 is 1.08 bits per heavy atom. The van der Waals surface area contributed by atoms with Crippen molar-refractivity contribution in [3.8, 4) is 11.8 Å². The molecule has 0 heterocycles. The quantitative estimate of drug-likeness (QED) is 0.497. The summed E-state index contributed by atoms with van der Waals surface area (Å²) >= 11 is 0. The molecule has 2 nitrogen and oxygen atoms in total. The van der Waals surface area contributed by atoms with E-state index in [4.69, 9.17) is 5.11 Å². The molecule has 0 unspecified atom stereocenters. The van der Waals surface area contributed by atoms with Crippen molar-refractivity contribution in [1.82, 2.24) is 5.32 Å². The summed E-state index contributed by atoms with van der Waals surface area (Å²) in [6, 6.07) is 0.662. The number of rotatable bonds is 2. The third kappa shape index (κ3) is 4.92. The number of nitrogens with one attached hydrogen (secondary N) is 1. The molecule has 0 spiro atoms. The van der Waals surface area contributed by atoms with E-state index in [1.165, 1.54) is 38.5 Å². The fourth-order valence-corrected chi connectivity index (χ4v) is 1.80. The molecule has 0 saturated heterocycles. The van der Waals surface area contributed by atoms with Gasteiger partial charge in [0.25, 0.3) is 0 Å². The molecule has 1 saturated carbocycles. The predicted molar refractivity (Wildman–Crippen MR) is 54.4 cm³/mol. The number of hydrogen-bond acceptors (Lipinski definition) is 2. The molecule has 0 aliphatic heterocycles. The van der Waals surface area contributed by atoms with E-state index in [0.29, 0.717) is 6.04 Å². The summed E-state index contributed by atoms with van der Waals surface area (Å²) in [7, 11) is 0. The van der Waals surface area contributed by atoms with E-state index in [9.17, 15) is 0 Å². The zero-order valence-corrected chi connectivity index (χ0v) is 8.18. The zero-order chi connectivity index (χ0) is 9.36. The topological polar surface area (TPSA) is 32.3 Å². The van der Waals surface area contributed by atoms with Crippen LogP contribution in [0, 0.1) is 11.8 Å². The van der Waals surface area contributed by atoms with E-state index >= 15 is 0 Å². The number of aliphatic hydroxyl groups excluding tert-OH is 1. The standard InChI is InChI=1S/C11H19NO/c13-10-6-5-9-12-11-7-3-1-2-4-8-11/h11-13H,1-4,7-10H2. The maximum Gasteiger partial charge on any atom is 0.104 e.